The van der Waals surface area contributed by atoms with Crippen LogP contribution in [0.25, 0.3) is 0 Å². The molecule has 4 nitrogen and oxygen atoms in total. The van der Waals surface area contributed by atoms with Gasteiger partial charge in [0, 0.05) is 10.1 Å². The Morgan fingerprint density at radius 3 is 2.57 bits per heavy atom. The molecule has 2 atom stereocenters. The largest absolute Gasteiger partial charge is 0.444 e. The van der Waals surface area contributed by atoms with Crippen LogP contribution < -0.4 is 0 Å². The third-order valence-corrected chi connectivity index (χ3v) is 4.22. The highest BCUT2D eigenvalue weighted by Crippen LogP contribution is 2.30. The van der Waals surface area contributed by atoms with Gasteiger partial charge in [-0.25, -0.2) is 4.79 Å². The van der Waals surface area contributed by atoms with Crippen LogP contribution in [0.15, 0.2) is 24.3 Å². The van der Waals surface area contributed by atoms with Gasteiger partial charge >= 0.3 is 6.09 Å². The first kappa shape index (κ1) is 16.5. The molecule has 116 valence electrons. The van der Waals surface area contributed by atoms with Gasteiger partial charge in [0.05, 0.1) is 12.1 Å². The molecule has 1 aromatic carbocycles. The number of aliphatic hydroxyl groups excluding tert-OH is 1. The van der Waals surface area contributed by atoms with E-state index in [1.165, 1.54) is 0 Å². The third kappa shape index (κ3) is 4.32. The number of likely N-dealkylation sites (tertiary alicyclic amines) is 1. The van der Waals surface area contributed by atoms with Crippen LogP contribution in [0.1, 0.15) is 45.3 Å². The summed E-state index contributed by atoms with van der Waals surface area (Å²) < 4.78 is 6.56. The van der Waals surface area contributed by atoms with Crippen LogP contribution in [0.4, 0.5) is 4.79 Å². The second kappa shape index (κ2) is 6.52. The Kier molecular flexibility index (Phi) is 5.14. The minimum absolute atomic E-state index is 0.208. The Labute approximate surface area is 139 Å². The molecule has 0 aromatic heterocycles. The maximum absolute atomic E-state index is 12.3. The molecule has 0 bridgehead atoms. The average Bonchev–Trinajstić information content (AvgIpc) is 2.86. The number of ether oxygens (including phenoxy) is 1. The molecule has 2 unspecified atom stereocenters. The van der Waals surface area contributed by atoms with Gasteiger partial charge in [-0.15, -0.1) is 0 Å². The summed E-state index contributed by atoms with van der Waals surface area (Å²) in [5.74, 6) is 0. The predicted molar refractivity (Wildman–Crippen MR) is 90.1 cm³/mol. The van der Waals surface area contributed by atoms with E-state index in [0.717, 1.165) is 22.0 Å². The Bertz CT molecular complexity index is 495. The van der Waals surface area contributed by atoms with Crippen LogP contribution in [0, 0.1) is 3.57 Å². The van der Waals surface area contributed by atoms with E-state index in [4.69, 9.17) is 4.74 Å². The monoisotopic (exact) mass is 403 g/mol. The number of carbonyl (C=O) groups is 1. The summed E-state index contributed by atoms with van der Waals surface area (Å²) in [7, 11) is 0. The van der Waals surface area contributed by atoms with Gasteiger partial charge in [-0.05, 0) is 73.9 Å². The Morgan fingerprint density at radius 1 is 1.38 bits per heavy atom. The Morgan fingerprint density at radius 2 is 2.00 bits per heavy atom. The fraction of sp³-hybridized carbons (Fsp3) is 0.562. The van der Waals surface area contributed by atoms with Crippen molar-refractivity contribution in [2.24, 2.45) is 0 Å². The van der Waals surface area contributed by atoms with Crippen molar-refractivity contribution >= 4 is 28.7 Å². The van der Waals surface area contributed by atoms with E-state index in [9.17, 15) is 9.90 Å². The van der Waals surface area contributed by atoms with E-state index in [-0.39, 0.29) is 12.1 Å². The summed E-state index contributed by atoms with van der Waals surface area (Å²) >= 11 is 2.23. The van der Waals surface area contributed by atoms with Crippen LogP contribution in [-0.4, -0.2) is 34.3 Å². The molecule has 1 N–H and O–H groups in total. The summed E-state index contributed by atoms with van der Waals surface area (Å²) in [4.78, 5) is 13.9. The highest BCUT2D eigenvalue weighted by molar-refractivity contribution is 14.1. The van der Waals surface area contributed by atoms with E-state index < -0.39 is 11.7 Å². The number of halogens is 1. The quantitative estimate of drug-likeness (QED) is 0.766. The highest BCUT2D eigenvalue weighted by atomic mass is 127. The first-order valence-electron chi connectivity index (χ1n) is 7.21. The van der Waals surface area contributed by atoms with E-state index in [2.05, 4.69) is 22.6 Å². The molecule has 2 rings (SSSR count). The van der Waals surface area contributed by atoms with Gasteiger partial charge in [-0.1, -0.05) is 12.1 Å². The van der Waals surface area contributed by atoms with Gasteiger partial charge in [0.2, 0.25) is 0 Å². The van der Waals surface area contributed by atoms with Gasteiger partial charge in [0.1, 0.15) is 5.60 Å². The molecule has 0 radical (unpaired) electrons. The zero-order valence-electron chi connectivity index (χ0n) is 12.7. The number of carbonyl (C=O) groups excluding carboxylic acids is 1. The van der Waals surface area contributed by atoms with Crippen LogP contribution >= 0.6 is 22.6 Å². The molecule has 1 fully saturated rings. The van der Waals surface area contributed by atoms with Crippen molar-refractivity contribution < 1.29 is 14.6 Å². The zero-order valence-corrected chi connectivity index (χ0v) is 14.8. The van der Waals surface area contributed by atoms with Crippen molar-refractivity contribution in [2.75, 3.05) is 6.54 Å². The summed E-state index contributed by atoms with van der Waals surface area (Å²) in [6.45, 7) is 6.20. The predicted octanol–water partition coefficient (Wildman–Crippen LogP) is 3.72. The molecule has 1 saturated heterocycles. The average molecular weight is 403 g/mol. The van der Waals surface area contributed by atoms with E-state index in [0.29, 0.717) is 6.54 Å². The summed E-state index contributed by atoms with van der Waals surface area (Å²) in [6.07, 6.45) is 0.684. The molecule has 1 aliphatic heterocycles. The number of rotatable bonds is 2. The minimum Gasteiger partial charge on any atom is -0.444 e. The van der Waals surface area contributed by atoms with Crippen LogP contribution in [0.5, 0.6) is 0 Å². The lowest BCUT2D eigenvalue weighted by Gasteiger charge is -2.31. The normalized spacial score (nSPS) is 20.4. The topological polar surface area (TPSA) is 49.8 Å². The number of hydrogen-bond acceptors (Lipinski definition) is 3. The van der Waals surface area contributed by atoms with Gasteiger partial charge in [-0.3, -0.25) is 0 Å². The molecule has 1 aromatic rings. The van der Waals surface area contributed by atoms with Crippen molar-refractivity contribution in [3.63, 3.8) is 0 Å². The third-order valence-electron chi connectivity index (χ3n) is 3.50. The van der Waals surface area contributed by atoms with E-state index >= 15 is 0 Å². The van der Waals surface area contributed by atoms with Gasteiger partial charge in [0.15, 0.2) is 0 Å². The number of hydrogen-bond donors (Lipinski definition) is 1. The fourth-order valence-corrected chi connectivity index (χ4v) is 2.91. The first-order chi connectivity index (χ1) is 9.78. The van der Waals surface area contributed by atoms with Crippen molar-refractivity contribution in [2.45, 2.75) is 51.4 Å². The highest BCUT2D eigenvalue weighted by Gasteiger charge is 2.36. The lowest BCUT2D eigenvalue weighted by molar-refractivity contribution is 0.00490. The molecular weight excluding hydrogens is 381 g/mol. The second-order valence-corrected chi connectivity index (χ2v) is 7.63. The fourth-order valence-electron chi connectivity index (χ4n) is 2.55. The summed E-state index contributed by atoms with van der Waals surface area (Å²) in [5.41, 5.74) is 0.328. The molecule has 1 heterocycles. The second-order valence-electron chi connectivity index (χ2n) is 6.38. The smallest absolute Gasteiger partial charge is 0.410 e. The molecule has 1 amide bonds. The molecule has 5 heteroatoms. The van der Waals surface area contributed by atoms with Crippen molar-refractivity contribution in [1.29, 1.82) is 0 Å². The molecule has 1 aliphatic rings. The number of benzene rings is 1. The van der Waals surface area contributed by atoms with Crippen LogP contribution in [-0.2, 0) is 4.74 Å². The van der Waals surface area contributed by atoms with Crippen molar-refractivity contribution in [1.82, 2.24) is 4.90 Å². The van der Waals surface area contributed by atoms with Gasteiger partial charge in [-0.2, -0.15) is 0 Å². The molecule has 0 aliphatic carbocycles. The van der Waals surface area contributed by atoms with E-state index in [1.807, 2.05) is 45.0 Å². The number of nitrogens with zero attached hydrogens (tertiary/aromatic N) is 1. The maximum atomic E-state index is 12.3. The SMILES string of the molecule is CC(C)(C)OC(=O)N1CCCC1C(O)c1ccc(I)cc1. The molecule has 0 spiro atoms. The van der Waals surface area contributed by atoms with Gasteiger partial charge in [0.25, 0.3) is 0 Å². The van der Waals surface area contributed by atoms with Gasteiger partial charge < -0.3 is 14.7 Å². The van der Waals surface area contributed by atoms with E-state index in [1.54, 1.807) is 4.90 Å². The number of aliphatic hydroxyl groups is 1. The minimum atomic E-state index is -0.669. The Hall–Kier alpha value is -0.820. The number of amides is 1. The maximum Gasteiger partial charge on any atom is 0.410 e. The lowest BCUT2D eigenvalue weighted by atomic mass is 10.0. The van der Waals surface area contributed by atoms with Crippen LogP contribution in [0.3, 0.4) is 0 Å². The molecule has 21 heavy (non-hydrogen) atoms. The molecule has 0 saturated carbocycles. The lowest BCUT2D eigenvalue weighted by Crippen LogP contribution is -2.42. The van der Waals surface area contributed by atoms with Crippen molar-refractivity contribution in [3.05, 3.63) is 33.4 Å². The summed E-state index contributed by atoms with van der Waals surface area (Å²) in [5, 5.41) is 10.6. The molecular formula is C16H22INO3. The standard InChI is InChI=1S/C16H22INO3/c1-16(2,3)21-15(20)18-10-4-5-13(18)14(19)11-6-8-12(17)9-7-11/h6-9,13-14,19H,4-5,10H2,1-3H3. The summed E-state index contributed by atoms with van der Waals surface area (Å²) in [6, 6.07) is 7.55. The van der Waals surface area contributed by atoms with Crippen LogP contribution in [0.2, 0.25) is 0 Å². The van der Waals surface area contributed by atoms with Crippen molar-refractivity contribution in [3.8, 4) is 0 Å². The zero-order chi connectivity index (χ0) is 15.6. The Balaban J connectivity index is 2.10. The first-order valence-corrected chi connectivity index (χ1v) is 8.29.